The molecule has 0 amide bonds. The van der Waals surface area contributed by atoms with Crippen molar-refractivity contribution in [3.63, 3.8) is 0 Å². The van der Waals surface area contributed by atoms with E-state index in [1.807, 2.05) is 6.07 Å². The van der Waals surface area contributed by atoms with E-state index in [1.165, 1.54) is 13.2 Å². The zero-order valence-electron chi connectivity index (χ0n) is 8.75. The number of ether oxygens (including phenoxy) is 1. The fraction of sp³-hybridized carbons (Fsp3) is 0.182. The van der Waals surface area contributed by atoms with Crippen LogP contribution in [0.4, 0.5) is 0 Å². The summed E-state index contributed by atoms with van der Waals surface area (Å²) in [5.74, 6) is -0.680. The van der Waals surface area contributed by atoms with Crippen molar-refractivity contribution in [2.45, 2.75) is 0 Å². The number of esters is 1. The van der Waals surface area contributed by atoms with Crippen molar-refractivity contribution >= 4 is 12.0 Å². The molecular weight excluding hydrogens is 210 g/mol. The lowest BCUT2D eigenvalue weighted by molar-refractivity contribution is -0.470. The van der Waals surface area contributed by atoms with E-state index in [0.29, 0.717) is 0 Å². The summed E-state index contributed by atoms with van der Waals surface area (Å²) >= 11 is 0. The van der Waals surface area contributed by atoms with Crippen LogP contribution >= 0.6 is 0 Å². The van der Waals surface area contributed by atoms with Crippen LogP contribution in [0.25, 0.3) is 6.08 Å². The molecule has 0 N–H and O–H groups in total. The molecule has 0 aliphatic rings. The van der Waals surface area contributed by atoms with Crippen molar-refractivity contribution < 1.29 is 14.5 Å². The van der Waals surface area contributed by atoms with Crippen LogP contribution in [-0.2, 0) is 9.53 Å². The van der Waals surface area contributed by atoms with Gasteiger partial charge in [0.15, 0.2) is 0 Å². The molecule has 5 heteroatoms. The molecule has 16 heavy (non-hydrogen) atoms. The molecule has 0 radical (unpaired) electrons. The number of hydrogen-bond donors (Lipinski definition) is 0. The standard InChI is InChI=1S/C11H11NO4/c1-16-11(13)10(8-12(14)15)7-9-5-3-2-4-6-9/h2-7H,8H2,1H3/b10-7+. The Morgan fingerprint density at radius 3 is 2.56 bits per heavy atom. The maximum absolute atomic E-state index is 11.3. The zero-order chi connectivity index (χ0) is 12.0. The van der Waals surface area contributed by atoms with Crippen molar-refractivity contribution in [1.82, 2.24) is 0 Å². The van der Waals surface area contributed by atoms with E-state index in [9.17, 15) is 14.9 Å². The lowest BCUT2D eigenvalue weighted by Crippen LogP contribution is -2.14. The van der Waals surface area contributed by atoms with E-state index in [2.05, 4.69) is 4.74 Å². The number of carbonyl (C=O) groups excluding carboxylic acids is 1. The number of rotatable bonds is 4. The van der Waals surface area contributed by atoms with Crippen LogP contribution in [0.15, 0.2) is 35.9 Å². The molecule has 5 nitrogen and oxygen atoms in total. The van der Waals surface area contributed by atoms with Crippen LogP contribution in [0, 0.1) is 10.1 Å². The number of benzene rings is 1. The minimum absolute atomic E-state index is 0.0266. The normalized spacial score (nSPS) is 10.9. The van der Waals surface area contributed by atoms with Gasteiger partial charge in [-0.3, -0.25) is 10.1 Å². The fourth-order valence-electron chi connectivity index (χ4n) is 1.19. The average Bonchev–Trinajstić information content (AvgIpc) is 2.28. The second kappa shape index (κ2) is 5.65. The second-order valence-corrected chi connectivity index (χ2v) is 3.06. The van der Waals surface area contributed by atoms with Crippen LogP contribution in [0.1, 0.15) is 5.56 Å². The first-order valence-electron chi connectivity index (χ1n) is 4.59. The number of nitro groups is 1. The Kier molecular flexibility index (Phi) is 4.20. The highest BCUT2D eigenvalue weighted by Crippen LogP contribution is 2.08. The molecule has 1 aromatic rings. The lowest BCUT2D eigenvalue weighted by atomic mass is 10.1. The summed E-state index contributed by atoms with van der Waals surface area (Å²) in [7, 11) is 1.20. The Morgan fingerprint density at radius 2 is 2.06 bits per heavy atom. The molecule has 0 heterocycles. The molecular formula is C11H11NO4. The monoisotopic (exact) mass is 221 g/mol. The largest absolute Gasteiger partial charge is 0.465 e. The molecule has 0 aromatic heterocycles. The van der Waals surface area contributed by atoms with E-state index in [1.54, 1.807) is 24.3 Å². The highest BCUT2D eigenvalue weighted by atomic mass is 16.6. The summed E-state index contributed by atoms with van der Waals surface area (Å²) < 4.78 is 4.47. The fourth-order valence-corrected chi connectivity index (χ4v) is 1.19. The third-order valence-corrected chi connectivity index (χ3v) is 1.89. The van der Waals surface area contributed by atoms with Gasteiger partial charge in [0.05, 0.1) is 7.11 Å². The summed E-state index contributed by atoms with van der Waals surface area (Å²) in [4.78, 5) is 21.1. The van der Waals surface area contributed by atoms with Crippen LogP contribution < -0.4 is 0 Å². The molecule has 0 spiro atoms. The molecule has 0 atom stereocenters. The maximum Gasteiger partial charge on any atom is 0.340 e. The minimum Gasteiger partial charge on any atom is -0.465 e. The van der Waals surface area contributed by atoms with Gasteiger partial charge in [-0.15, -0.1) is 0 Å². The molecule has 0 fully saturated rings. The molecule has 84 valence electrons. The molecule has 0 aliphatic heterocycles. The van der Waals surface area contributed by atoms with Gasteiger partial charge < -0.3 is 4.74 Å². The van der Waals surface area contributed by atoms with Crippen LogP contribution in [0.2, 0.25) is 0 Å². The first-order chi connectivity index (χ1) is 7.63. The van der Waals surface area contributed by atoms with Gasteiger partial charge in [-0.05, 0) is 11.6 Å². The maximum atomic E-state index is 11.3. The minimum atomic E-state index is -0.680. The van der Waals surface area contributed by atoms with E-state index < -0.39 is 17.4 Å². The predicted molar refractivity (Wildman–Crippen MR) is 58.3 cm³/mol. The van der Waals surface area contributed by atoms with Gasteiger partial charge in [0.25, 0.3) is 0 Å². The Bertz CT molecular complexity index is 411. The summed E-state index contributed by atoms with van der Waals surface area (Å²) in [6, 6.07) is 8.90. The van der Waals surface area contributed by atoms with Crippen LogP contribution in [0.3, 0.4) is 0 Å². The summed E-state index contributed by atoms with van der Waals surface area (Å²) in [5, 5.41) is 10.4. The number of carbonyl (C=O) groups is 1. The van der Waals surface area contributed by atoms with Gasteiger partial charge in [0, 0.05) is 4.92 Å². The van der Waals surface area contributed by atoms with Gasteiger partial charge in [-0.2, -0.15) is 0 Å². The predicted octanol–water partition coefficient (Wildman–Crippen LogP) is 1.52. The number of methoxy groups -OCH3 is 1. The Hall–Kier alpha value is -2.17. The highest BCUT2D eigenvalue weighted by molar-refractivity contribution is 5.93. The second-order valence-electron chi connectivity index (χ2n) is 3.06. The van der Waals surface area contributed by atoms with E-state index in [4.69, 9.17) is 0 Å². The number of hydrogen-bond acceptors (Lipinski definition) is 4. The average molecular weight is 221 g/mol. The van der Waals surface area contributed by atoms with Crippen molar-refractivity contribution in [3.05, 3.63) is 51.6 Å². The van der Waals surface area contributed by atoms with E-state index >= 15 is 0 Å². The first-order valence-corrected chi connectivity index (χ1v) is 4.59. The third kappa shape index (κ3) is 3.53. The molecule has 1 aromatic carbocycles. The van der Waals surface area contributed by atoms with Gasteiger partial charge in [-0.1, -0.05) is 30.3 Å². The van der Waals surface area contributed by atoms with Gasteiger partial charge in [0.1, 0.15) is 5.57 Å². The van der Waals surface area contributed by atoms with Gasteiger partial charge in [0.2, 0.25) is 6.54 Å². The molecule has 0 bridgehead atoms. The molecule has 0 saturated carbocycles. The molecule has 0 unspecified atom stereocenters. The summed E-state index contributed by atoms with van der Waals surface area (Å²) in [6.45, 7) is -0.540. The van der Waals surface area contributed by atoms with E-state index in [-0.39, 0.29) is 5.57 Å². The van der Waals surface area contributed by atoms with Crippen molar-refractivity contribution in [2.75, 3.05) is 13.7 Å². The Morgan fingerprint density at radius 1 is 1.44 bits per heavy atom. The lowest BCUT2D eigenvalue weighted by Gasteiger charge is -2.00. The Balaban J connectivity index is 2.96. The van der Waals surface area contributed by atoms with Crippen molar-refractivity contribution in [2.24, 2.45) is 0 Å². The SMILES string of the molecule is COC(=O)/C(=C/c1ccccc1)C[N+](=O)[O-]. The van der Waals surface area contributed by atoms with E-state index in [0.717, 1.165) is 5.56 Å². The van der Waals surface area contributed by atoms with Crippen LogP contribution in [0.5, 0.6) is 0 Å². The smallest absolute Gasteiger partial charge is 0.340 e. The Labute approximate surface area is 92.5 Å². The van der Waals surface area contributed by atoms with Gasteiger partial charge >= 0.3 is 5.97 Å². The summed E-state index contributed by atoms with van der Waals surface area (Å²) in [6.07, 6.45) is 1.45. The number of nitrogens with zero attached hydrogens (tertiary/aromatic N) is 1. The quantitative estimate of drug-likeness (QED) is 0.334. The summed E-state index contributed by atoms with van der Waals surface area (Å²) in [5.41, 5.74) is 0.753. The van der Waals surface area contributed by atoms with Gasteiger partial charge in [-0.25, -0.2) is 4.79 Å². The molecule has 0 saturated heterocycles. The molecule has 0 aliphatic carbocycles. The third-order valence-electron chi connectivity index (χ3n) is 1.89. The zero-order valence-corrected chi connectivity index (χ0v) is 8.75. The van der Waals surface area contributed by atoms with Crippen molar-refractivity contribution in [3.8, 4) is 0 Å². The highest BCUT2D eigenvalue weighted by Gasteiger charge is 2.15. The van der Waals surface area contributed by atoms with Crippen molar-refractivity contribution in [1.29, 1.82) is 0 Å². The topological polar surface area (TPSA) is 69.4 Å². The first kappa shape index (κ1) is 11.9. The molecule has 1 rings (SSSR count). The van der Waals surface area contributed by atoms with Crippen LogP contribution in [-0.4, -0.2) is 24.5 Å².